The summed E-state index contributed by atoms with van der Waals surface area (Å²) in [6.07, 6.45) is 2.57. The van der Waals surface area contributed by atoms with E-state index in [4.69, 9.17) is 4.74 Å². The van der Waals surface area contributed by atoms with Gasteiger partial charge in [-0.15, -0.1) is 0 Å². The molecule has 1 aromatic heterocycles. The number of amides is 1. The van der Waals surface area contributed by atoms with E-state index in [1.165, 1.54) is 12.1 Å². The highest BCUT2D eigenvalue weighted by Crippen LogP contribution is 2.37. The number of nitrogens with one attached hydrogen (secondary N) is 1. The number of aromatic nitrogens is 2. The number of carbonyl (C=O) groups excluding carboxylic acids is 1. The van der Waals surface area contributed by atoms with Gasteiger partial charge in [-0.1, -0.05) is 6.07 Å². The Hall–Kier alpha value is -3.01. The number of fused-ring (bicyclic) bond motifs is 1. The molecule has 1 atom stereocenters. The van der Waals surface area contributed by atoms with Gasteiger partial charge >= 0.3 is 0 Å². The summed E-state index contributed by atoms with van der Waals surface area (Å²) in [7, 11) is 0. The molecule has 0 bridgehead atoms. The minimum absolute atomic E-state index is 0.0280. The van der Waals surface area contributed by atoms with Crippen molar-refractivity contribution in [2.24, 2.45) is 4.99 Å². The lowest BCUT2D eigenvalue weighted by atomic mass is 9.83. The molecule has 0 spiro atoms. The van der Waals surface area contributed by atoms with Crippen molar-refractivity contribution in [2.75, 3.05) is 19.7 Å². The molecule has 1 aromatic carbocycles. The average molecular weight is 375 g/mol. The summed E-state index contributed by atoms with van der Waals surface area (Å²) in [6, 6.07) is 4.18. The summed E-state index contributed by atoms with van der Waals surface area (Å²) >= 11 is 0. The van der Waals surface area contributed by atoms with Crippen LogP contribution in [0.15, 0.2) is 27.8 Å². The fourth-order valence-corrected chi connectivity index (χ4v) is 3.27. The first-order valence-electron chi connectivity index (χ1n) is 8.65. The maximum atomic E-state index is 13.4. The van der Waals surface area contributed by atoms with Crippen molar-refractivity contribution in [1.29, 1.82) is 0 Å². The number of aliphatic imine (C=N–C) groups is 1. The summed E-state index contributed by atoms with van der Waals surface area (Å²) in [5.74, 6) is -0.582. The Bertz CT molecular complexity index is 878. The second-order valence-corrected chi connectivity index (χ2v) is 6.45. The molecular weight excluding hydrogens is 357 g/mol. The van der Waals surface area contributed by atoms with E-state index in [1.54, 1.807) is 11.0 Å². The van der Waals surface area contributed by atoms with Crippen LogP contribution in [0.1, 0.15) is 35.7 Å². The van der Waals surface area contributed by atoms with Gasteiger partial charge in [0, 0.05) is 13.1 Å². The molecule has 2 N–H and O–H groups in total. The number of ether oxygens (including phenoxy) is 1. The molecule has 1 aliphatic carbocycles. The van der Waals surface area contributed by atoms with E-state index in [0.29, 0.717) is 19.5 Å². The minimum atomic E-state index is -0.347. The van der Waals surface area contributed by atoms with Crippen LogP contribution in [0.5, 0.6) is 5.88 Å². The first-order valence-corrected chi connectivity index (χ1v) is 8.65. The van der Waals surface area contributed by atoms with E-state index in [9.17, 15) is 14.4 Å². The summed E-state index contributed by atoms with van der Waals surface area (Å²) in [4.78, 5) is 18.1. The molecule has 1 amide bonds. The lowest BCUT2D eigenvalue weighted by Gasteiger charge is -2.27. The van der Waals surface area contributed by atoms with Crippen molar-refractivity contribution in [3.8, 4) is 5.88 Å². The zero-order chi connectivity index (χ0) is 18.8. The number of amidine groups is 1. The summed E-state index contributed by atoms with van der Waals surface area (Å²) in [5.41, 5.74) is 3.72. The van der Waals surface area contributed by atoms with Crippen molar-refractivity contribution < 1.29 is 23.8 Å². The molecule has 10 heteroatoms. The number of hydrogen-bond donors (Lipinski definition) is 2. The summed E-state index contributed by atoms with van der Waals surface area (Å²) in [6.45, 7) is 1.22. The lowest BCUT2D eigenvalue weighted by molar-refractivity contribution is -0.132. The molecule has 0 radical (unpaired) electrons. The van der Waals surface area contributed by atoms with Gasteiger partial charge in [-0.05, 0) is 52.8 Å². The second-order valence-electron chi connectivity index (χ2n) is 6.45. The third-order valence-corrected chi connectivity index (χ3v) is 4.74. The molecule has 1 unspecified atom stereocenters. The molecule has 4 rings (SSSR count). The van der Waals surface area contributed by atoms with E-state index in [1.807, 2.05) is 5.48 Å². The van der Waals surface area contributed by atoms with Crippen molar-refractivity contribution in [2.45, 2.75) is 25.3 Å². The lowest BCUT2D eigenvalue weighted by Crippen LogP contribution is -2.32. The molecule has 9 nitrogen and oxygen atoms in total. The number of hydrogen-bond acceptors (Lipinski definition) is 7. The topological polar surface area (TPSA) is 113 Å². The predicted molar refractivity (Wildman–Crippen MR) is 89.9 cm³/mol. The molecule has 1 aliphatic heterocycles. The fourth-order valence-electron chi connectivity index (χ4n) is 3.27. The molecule has 1 fully saturated rings. The molecule has 27 heavy (non-hydrogen) atoms. The molecular formula is C17H18FN5O4. The highest BCUT2D eigenvalue weighted by Gasteiger charge is 2.29. The van der Waals surface area contributed by atoms with Crippen LogP contribution in [0.2, 0.25) is 0 Å². The first-order chi connectivity index (χ1) is 13.2. The van der Waals surface area contributed by atoms with E-state index in [-0.39, 0.29) is 41.8 Å². The molecule has 1 saturated heterocycles. The van der Waals surface area contributed by atoms with Crippen LogP contribution in [-0.2, 0) is 11.2 Å². The first kappa shape index (κ1) is 17.4. The zero-order valence-corrected chi connectivity index (χ0v) is 14.4. The normalized spacial score (nSPS) is 18.8. The minimum Gasteiger partial charge on any atom is -0.464 e. The molecule has 142 valence electrons. The third kappa shape index (κ3) is 3.47. The van der Waals surface area contributed by atoms with Gasteiger partial charge in [0.1, 0.15) is 5.82 Å². The van der Waals surface area contributed by atoms with Crippen LogP contribution in [-0.4, -0.2) is 51.9 Å². The number of halogens is 1. The standard InChI is InChI=1S/C17H18FN5O4/c18-11-4-3-10-7-13(12(10)8-11)19-16(20-25)15-17(22-27-21-15)26-9-14(24)23-5-1-2-6-23/h3-4,8,13,25H,1-2,5-7,9H2,(H,19,20). The summed E-state index contributed by atoms with van der Waals surface area (Å²) < 4.78 is 23.5. The number of benzene rings is 1. The van der Waals surface area contributed by atoms with E-state index < -0.39 is 0 Å². The quantitative estimate of drug-likeness (QED) is 0.459. The Kier molecular flexibility index (Phi) is 4.71. The van der Waals surface area contributed by atoms with Crippen molar-refractivity contribution in [1.82, 2.24) is 20.7 Å². The number of carbonyl (C=O) groups is 1. The number of likely N-dealkylation sites (tertiary alicyclic amines) is 1. The van der Waals surface area contributed by atoms with Gasteiger partial charge in [0.15, 0.2) is 12.4 Å². The van der Waals surface area contributed by atoms with E-state index >= 15 is 0 Å². The largest absolute Gasteiger partial charge is 0.464 e. The predicted octanol–water partition coefficient (Wildman–Crippen LogP) is 1.23. The fraction of sp³-hybridized carbons (Fsp3) is 0.412. The van der Waals surface area contributed by atoms with Crippen LogP contribution in [0, 0.1) is 5.82 Å². The SMILES string of the molecule is O=C(COc1nonc1C(=NC1Cc2ccc(F)cc21)NO)N1CCCC1. The Labute approximate surface area is 153 Å². The smallest absolute Gasteiger partial charge is 0.287 e. The molecule has 2 aromatic rings. The van der Waals surface area contributed by atoms with Crippen LogP contribution >= 0.6 is 0 Å². The van der Waals surface area contributed by atoms with Gasteiger partial charge in [-0.3, -0.25) is 20.5 Å². The molecule has 2 heterocycles. The third-order valence-electron chi connectivity index (χ3n) is 4.74. The monoisotopic (exact) mass is 375 g/mol. The van der Waals surface area contributed by atoms with Crippen molar-refractivity contribution >= 4 is 11.7 Å². The highest BCUT2D eigenvalue weighted by molar-refractivity contribution is 5.98. The van der Waals surface area contributed by atoms with Crippen LogP contribution in [0.3, 0.4) is 0 Å². The maximum absolute atomic E-state index is 13.4. The van der Waals surface area contributed by atoms with Gasteiger partial charge in [-0.2, -0.15) is 0 Å². The highest BCUT2D eigenvalue weighted by atomic mass is 19.1. The van der Waals surface area contributed by atoms with Gasteiger partial charge in [0.25, 0.3) is 11.8 Å². The average Bonchev–Trinajstić information content (AvgIpc) is 3.34. The summed E-state index contributed by atoms with van der Waals surface area (Å²) in [5, 5.41) is 16.8. The van der Waals surface area contributed by atoms with Crippen LogP contribution in [0.25, 0.3) is 0 Å². The van der Waals surface area contributed by atoms with Crippen molar-refractivity contribution in [3.05, 3.63) is 40.8 Å². The Morgan fingerprint density at radius 2 is 2.22 bits per heavy atom. The number of nitrogens with zero attached hydrogens (tertiary/aromatic N) is 4. The van der Waals surface area contributed by atoms with Crippen molar-refractivity contribution in [3.63, 3.8) is 0 Å². The number of rotatable bonds is 5. The zero-order valence-electron chi connectivity index (χ0n) is 14.4. The second kappa shape index (κ2) is 7.31. The van der Waals surface area contributed by atoms with E-state index in [2.05, 4.69) is 19.9 Å². The van der Waals surface area contributed by atoms with Crippen LogP contribution < -0.4 is 10.2 Å². The Balaban J connectivity index is 1.47. The number of hydroxylamine groups is 1. The molecule has 2 aliphatic rings. The Morgan fingerprint density at radius 3 is 3.00 bits per heavy atom. The molecule has 0 saturated carbocycles. The van der Waals surface area contributed by atoms with Gasteiger partial charge in [-0.25, -0.2) is 9.02 Å². The van der Waals surface area contributed by atoms with Gasteiger partial charge < -0.3 is 9.64 Å². The van der Waals surface area contributed by atoms with Gasteiger partial charge in [0.05, 0.1) is 6.04 Å². The van der Waals surface area contributed by atoms with Gasteiger partial charge in [0.2, 0.25) is 5.69 Å². The Morgan fingerprint density at radius 1 is 1.41 bits per heavy atom. The maximum Gasteiger partial charge on any atom is 0.287 e. The van der Waals surface area contributed by atoms with Crippen LogP contribution in [0.4, 0.5) is 4.39 Å². The van der Waals surface area contributed by atoms with E-state index in [0.717, 1.165) is 24.0 Å².